The van der Waals surface area contributed by atoms with E-state index < -0.39 is 11.9 Å². The van der Waals surface area contributed by atoms with Crippen LogP contribution < -0.4 is 0 Å². The molecule has 0 aliphatic rings. The summed E-state index contributed by atoms with van der Waals surface area (Å²) in [7, 11) is 1.26. The first-order chi connectivity index (χ1) is 7.13. The molecule has 0 aliphatic carbocycles. The molecular weight excluding hydrogens is 200 g/mol. The minimum absolute atomic E-state index is 0.0559. The number of hydrogen-bond donors (Lipinski definition) is 1. The van der Waals surface area contributed by atoms with E-state index in [0.29, 0.717) is 0 Å². The van der Waals surface area contributed by atoms with E-state index in [1.54, 1.807) is 0 Å². The smallest absolute Gasteiger partial charge is 0.371 e. The second-order valence-corrected chi connectivity index (χ2v) is 2.52. The molecule has 0 spiro atoms. The Labute approximate surface area is 85.6 Å². The lowest BCUT2D eigenvalue weighted by Crippen LogP contribution is -1.96. The molecule has 1 heterocycles. The van der Waals surface area contributed by atoms with Crippen LogP contribution in [0.4, 0.5) is 0 Å². The highest BCUT2D eigenvalue weighted by atomic mass is 16.5. The first-order valence-corrected chi connectivity index (χ1v) is 4.02. The summed E-state index contributed by atoms with van der Waals surface area (Å²) in [5, 5.41) is 8.53. The summed E-state index contributed by atoms with van der Waals surface area (Å²) in [5.41, 5.74) is 0. The fraction of sp³-hybridized carbons (Fsp3) is 0.200. The molecule has 1 aromatic rings. The van der Waals surface area contributed by atoms with Gasteiger partial charge in [0.2, 0.25) is 5.76 Å². The van der Waals surface area contributed by atoms with Crippen molar-refractivity contribution in [3.63, 3.8) is 0 Å². The van der Waals surface area contributed by atoms with Gasteiger partial charge in [-0.15, -0.1) is 0 Å². The third-order valence-corrected chi connectivity index (χ3v) is 1.49. The lowest BCUT2D eigenvalue weighted by Gasteiger charge is -1.88. The summed E-state index contributed by atoms with van der Waals surface area (Å²) < 4.78 is 9.20. The van der Waals surface area contributed by atoms with Gasteiger partial charge in [-0.1, -0.05) is 5.92 Å². The maximum Gasteiger partial charge on any atom is 0.371 e. The molecule has 0 fully saturated rings. The number of hydrogen-bond acceptors (Lipinski definition) is 4. The molecule has 0 aliphatic heterocycles. The number of carbonyl (C=O) groups excluding carboxylic acids is 1. The van der Waals surface area contributed by atoms with Crippen molar-refractivity contribution >= 4 is 11.9 Å². The van der Waals surface area contributed by atoms with Crippen LogP contribution in [0, 0.1) is 11.8 Å². The zero-order valence-corrected chi connectivity index (χ0v) is 7.94. The number of carboxylic acids is 1. The molecule has 5 nitrogen and oxygen atoms in total. The summed E-state index contributed by atoms with van der Waals surface area (Å²) in [5.74, 6) is 3.41. The summed E-state index contributed by atoms with van der Waals surface area (Å²) in [6.07, 6.45) is -0.0559. The van der Waals surface area contributed by atoms with Gasteiger partial charge >= 0.3 is 11.9 Å². The highest BCUT2D eigenvalue weighted by Gasteiger charge is 2.06. The standard InChI is InChI=1S/C10H8O5/c1-14-9(11)4-2-3-7-5-6-8(15-7)10(12)13/h5-6H,4H2,1H3,(H,12,13). The molecule has 1 N–H and O–H groups in total. The molecule has 0 atom stereocenters. The van der Waals surface area contributed by atoms with Crippen molar-refractivity contribution < 1.29 is 23.8 Å². The van der Waals surface area contributed by atoms with Crippen LogP contribution in [0.1, 0.15) is 22.7 Å². The molecule has 5 heteroatoms. The van der Waals surface area contributed by atoms with E-state index in [1.807, 2.05) is 0 Å². The Bertz CT molecular complexity index is 432. The second-order valence-electron chi connectivity index (χ2n) is 2.52. The van der Waals surface area contributed by atoms with E-state index in [1.165, 1.54) is 19.2 Å². The van der Waals surface area contributed by atoms with Crippen molar-refractivity contribution in [2.75, 3.05) is 7.11 Å². The lowest BCUT2D eigenvalue weighted by molar-refractivity contribution is -0.139. The SMILES string of the molecule is COC(=O)CC#Cc1ccc(C(=O)O)o1. The first kappa shape index (κ1) is 10.9. The Morgan fingerprint density at radius 3 is 2.80 bits per heavy atom. The van der Waals surface area contributed by atoms with Gasteiger partial charge in [0.05, 0.1) is 7.11 Å². The predicted octanol–water partition coefficient (Wildman–Crippen LogP) is 0.892. The fourth-order valence-corrected chi connectivity index (χ4v) is 0.796. The van der Waals surface area contributed by atoms with Crippen LogP contribution >= 0.6 is 0 Å². The molecule has 0 amide bonds. The number of rotatable bonds is 2. The van der Waals surface area contributed by atoms with E-state index in [4.69, 9.17) is 9.52 Å². The Hall–Kier alpha value is -2.22. The molecule has 0 aromatic carbocycles. The Kier molecular flexibility index (Phi) is 3.52. The predicted molar refractivity (Wildman–Crippen MR) is 49.2 cm³/mol. The van der Waals surface area contributed by atoms with Gasteiger partial charge in [-0.05, 0) is 18.1 Å². The van der Waals surface area contributed by atoms with Gasteiger partial charge in [0, 0.05) is 0 Å². The molecule has 0 unspecified atom stereocenters. The number of carbonyl (C=O) groups is 2. The van der Waals surface area contributed by atoms with Crippen LogP contribution in [-0.2, 0) is 9.53 Å². The zero-order chi connectivity index (χ0) is 11.3. The van der Waals surface area contributed by atoms with Gasteiger partial charge in [0.15, 0.2) is 5.76 Å². The van der Waals surface area contributed by atoms with E-state index in [2.05, 4.69) is 16.6 Å². The largest absolute Gasteiger partial charge is 0.475 e. The van der Waals surface area contributed by atoms with Crippen LogP contribution in [-0.4, -0.2) is 24.2 Å². The topological polar surface area (TPSA) is 76.7 Å². The van der Waals surface area contributed by atoms with Gasteiger partial charge < -0.3 is 14.3 Å². The lowest BCUT2D eigenvalue weighted by atomic mass is 10.4. The van der Waals surface area contributed by atoms with Crippen molar-refractivity contribution in [1.29, 1.82) is 0 Å². The third-order valence-electron chi connectivity index (χ3n) is 1.49. The van der Waals surface area contributed by atoms with E-state index >= 15 is 0 Å². The average Bonchev–Trinajstić information content (AvgIpc) is 2.66. The highest BCUT2D eigenvalue weighted by molar-refractivity contribution is 5.84. The number of ether oxygens (including phenoxy) is 1. The maximum absolute atomic E-state index is 10.7. The highest BCUT2D eigenvalue weighted by Crippen LogP contribution is 2.05. The monoisotopic (exact) mass is 208 g/mol. The molecule has 1 aromatic heterocycles. The minimum atomic E-state index is -1.16. The van der Waals surface area contributed by atoms with Crippen LogP contribution in [0.2, 0.25) is 0 Å². The number of aromatic carboxylic acids is 1. The molecule has 15 heavy (non-hydrogen) atoms. The molecule has 0 saturated heterocycles. The molecule has 0 bridgehead atoms. The van der Waals surface area contributed by atoms with Crippen molar-refractivity contribution in [1.82, 2.24) is 0 Å². The van der Waals surface area contributed by atoms with Crippen LogP contribution in [0.25, 0.3) is 0 Å². The quantitative estimate of drug-likeness (QED) is 0.577. The van der Waals surface area contributed by atoms with Crippen molar-refractivity contribution in [2.45, 2.75) is 6.42 Å². The van der Waals surface area contributed by atoms with Crippen molar-refractivity contribution in [2.24, 2.45) is 0 Å². The maximum atomic E-state index is 10.7. The van der Waals surface area contributed by atoms with Crippen LogP contribution in [0.15, 0.2) is 16.5 Å². The zero-order valence-electron chi connectivity index (χ0n) is 7.94. The molecule has 78 valence electrons. The van der Waals surface area contributed by atoms with Gasteiger partial charge in [-0.2, -0.15) is 0 Å². The Morgan fingerprint density at radius 2 is 2.27 bits per heavy atom. The molecule has 1 rings (SSSR count). The van der Waals surface area contributed by atoms with Gasteiger partial charge in [-0.25, -0.2) is 4.79 Å². The summed E-state index contributed by atoms with van der Waals surface area (Å²) in [6.45, 7) is 0. The van der Waals surface area contributed by atoms with E-state index in [0.717, 1.165) is 0 Å². The van der Waals surface area contributed by atoms with Crippen LogP contribution in [0.3, 0.4) is 0 Å². The van der Waals surface area contributed by atoms with Gasteiger partial charge in [0.1, 0.15) is 6.42 Å². The minimum Gasteiger partial charge on any atom is -0.475 e. The number of furan rings is 1. The van der Waals surface area contributed by atoms with Gasteiger partial charge in [0.25, 0.3) is 0 Å². The van der Waals surface area contributed by atoms with E-state index in [-0.39, 0.29) is 17.9 Å². The number of esters is 1. The van der Waals surface area contributed by atoms with Crippen molar-refractivity contribution in [3.05, 3.63) is 23.7 Å². The molecule has 0 saturated carbocycles. The number of methoxy groups -OCH3 is 1. The Morgan fingerprint density at radius 1 is 1.53 bits per heavy atom. The molecule has 0 radical (unpaired) electrons. The summed E-state index contributed by atoms with van der Waals surface area (Å²) in [6, 6.07) is 2.72. The summed E-state index contributed by atoms with van der Waals surface area (Å²) in [4.78, 5) is 21.1. The average molecular weight is 208 g/mol. The Balaban J connectivity index is 2.64. The first-order valence-electron chi connectivity index (χ1n) is 4.02. The van der Waals surface area contributed by atoms with Gasteiger partial charge in [-0.3, -0.25) is 4.79 Å². The fourth-order valence-electron chi connectivity index (χ4n) is 0.796. The van der Waals surface area contributed by atoms with E-state index in [9.17, 15) is 9.59 Å². The summed E-state index contributed by atoms with van der Waals surface area (Å²) >= 11 is 0. The third kappa shape index (κ3) is 3.19. The van der Waals surface area contributed by atoms with Crippen molar-refractivity contribution in [3.8, 4) is 11.8 Å². The number of carboxylic acid groups (broad SMARTS) is 1. The van der Waals surface area contributed by atoms with Crippen LogP contribution in [0.5, 0.6) is 0 Å². The molecular formula is C10H8O5. The normalized spacial score (nSPS) is 8.87. The second kappa shape index (κ2) is 4.86.